The van der Waals surface area contributed by atoms with Crippen LogP contribution < -0.4 is 10.5 Å². The van der Waals surface area contributed by atoms with E-state index < -0.39 is 17.8 Å². The van der Waals surface area contributed by atoms with Crippen molar-refractivity contribution < 1.29 is 13.5 Å². The van der Waals surface area contributed by atoms with Crippen LogP contribution in [-0.4, -0.2) is 21.9 Å². The van der Waals surface area contributed by atoms with E-state index in [1.165, 1.54) is 19.4 Å². The van der Waals surface area contributed by atoms with E-state index in [2.05, 4.69) is 10.1 Å². The lowest BCUT2D eigenvalue weighted by atomic mass is 10.1. The molecule has 2 rings (SSSR count). The maximum Gasteiger partial charge on any atom is 0.235 e. The average Bonchev–Trinajstić information content (AvgIpc) is 2.69. The Balaban J connectivity index is 2.48. The molecule has 2 aromatic rings. The van der Waals surface area contributed by atoms with Gasteiger partial charge in [0.25, 0.3) is 0 Å². The smallest absolute Gasteiger partial charge is 0.235 e. The van der Waals surface area contributed by atoms with Gasteiger partial charge < -0.3 is 10.5 Å². The van der Waals surface area contributed by atoms with Gasteiger partial charge in [0.1, 0.15) is 11.5 Å². The van der Waals surface area contributed by atoms with Crippen LogP contribution in [0.2, 0.25) is 0 Å². The van der Waals surface area contributed by atoms with E-state index in [9.17, 15) is 8.78 Å². The van der Waals surface area contributed by atoms with Crippen LogP contribution in [0.1, 0.15) is 18.5 Å². The summed E-state index contributed by atoms with van der Waals surface area (Å²) in [5, 5.41) is 3.81. The molecule has 0 bridgehead atoms. The van der Waals surface area contributed by atoms with E-state index in [4.69, 9.17) is 10.5 Å². The van der Waals surface area contributed by atoms with E-state index in [1.807, 2.05) is 0 Å². The summed E-state index contributed by atoms with van der Waals surface area (Å²) < 4.78 is 32.9. The number of hydrogen-bond acceptors (Lipinski definition) is 4. The quantitative estimate of drug-likeness (QED) is 0.906. The maximum absolute atomic E-state index is 13.7. The fourth-order valence-electron chi connectivity index (χ4n) is 1.67. The van der Waals surface area contributed by atoms with Crippen molar-refractivity contribution in [2.75, 3.05) is 12.8 Å². The molecule has 2 heterocycles. The molecule has 0 unspecified atom stereocenters. The normalized spacial score (nSPS) is 12.4. The molecule has 0 aromatic carbocycles. The highest BCUT2D eigenvalue weighted by Crippen LogP contribution is 2.27. The summed E-state index contributed by atoms with van der Waals surface area (Å²) in [6.45, 7) is 1.65. The van der Waals surface area contributed by atoms with Crippen LogP contribution in [0.25, 0.3) is 0 Å². The van der Waals surface area contributed by atoms with E-state index in [1.54, 1.807) is 6.92 Å². The van der Waals surface area contributed by atoms with Crippen molar-refractivity contribution in [3.63, 3.8) is 0 Å². The Labute approximate surface area is 102 Å². The van der Waals surface area contributed by atoms with Crippen molar-refractivity contribution in [3.05, 3.63) is 35.8 Å². The predicted molar refractivity (Wildman–Crippen MR) is 61.2 cm³/mol. The molecular formula is C11H12F2N4O. The van der Waals surface area contributed by atoms with Gasteiger partial charge in [-0.15, -0.1) is 0 Å². The topological polar surface area (TPSA) is 66.0 Å². The first-order valence-corrected chi connectivity index (χ1v) is 5.22. The van der Waals surface area contributed by atoms with Gasteiger partial charge >= 0.3 is 0 Å². The van der Waals surface area contributed by atoms with Gasteiger partial charge in [-0.1, -0.05) is 0 Å². The molecule has 0 spiro atoms. The second-order valence-corrected chi connectivity index (χ2v) is 3.76. The number of ether oxygens (including phenoxy) is 1. The van der Waals surface area contributed by atoms with Gasteiger partial charge in [-0.05, 0) is 13.0 Å². The zero-order valence-electron chi connectivity index (χ0n) is 9.89. The summed E-state index contributed by atoms with van der Waals surface area (Å²) >= 11 is 0. The third kappa shape index (κ3) is 1.99. The standard InChI is InChI=1S/C11H12F2N4O/c1-6(17-10(13)9(14)5-16-17)8-3-7(12)4-15-11(8)18-2/h3-6H,14H2,1-2H3/t6-/m0/s1. The van der Waals surface area contributed by atoms with E-state index >= 15 is 0 Å². The lowest BCUT2D eigenvalue weighted by Crippen LogP contribution is -2.13. The van der Waals surface area contributed by atoms with Crippen molar-refractivity contribution in [1.82, 2.24) is 14.8 Å². The molecule has 2 aromatic heterocycles. The molecule has 0 radical (unpaired) electrons. The zero-order valence-corrected chi connectivity index (χ0v) is 9.89. The summed E-state index contributed by atoms with van der Waals surface area (Å²) in [7, 11) is 1.41. The Morgan fingerprint density at radius 1 is 1.39 bits per heavy atom. The van der Waals surface area contributed by atoms with Crippen LogP contribution in [-0.2, 0) is 0 Å². The van der Waals surface area contributed by atoms with E-state index in [0.717, 1.165) is 10.9 Å². The number of aromatic nitrogens is 3. The van der Waals surface area contributed by atoms with Crippen LogP contribution >= 0.6 is 0 Å². The van der Waals surface area contributed by atoms with Gasteiger partial charge in [0.15, 0.2) is 0 Å². The number of halogens is 2. The first-order valence-electron chi connectivity index (χ1n) is 5.22. The summed E-state index contributed by atoms with van der Waals surface area (Å²) in [5.41, 5.74) is 5.70. The Hall–Kier alpha value is -2.18. The van der Waals surface area contributed by atoms with Crippen molar-refractivity contribution in [2.24, 2.45) is 0 Å². The number of nitrogens with zero attached hydrogens (tertiary/aromatic N) is 3. The summed E-state index contributed by atoms with van der Waals surface area (Å²) in [4.78, 5) is 3.79. The highest BCUT2D eigenvalue weighted by atomic mass is 19.1. The molecule has 96 valence electrons. The van der Waals surface area contributed by atoms with Gasteiger partial charge in [0.2, 0.25) is 11.8 Å². The van der Waals surface area contributed by atoms with Crippen molar-refractivity contribution in [3.8, 4) is 5.88 Å². The first-order chi connectivity index (χ1) is 8.54. The summed E-state index contributed by atoms with van der Waals surface area (Å²) in [5.74, 6) is -0.982. The van der Waals surface area contributed by atoms with Gasteiger partial charge in [-0.2, -0.15) is 9.49 Å². The summed E-state index contributed by atoms with van der Waals surface area (Å²) in [6.07, 6.45) is 2.23. The van der Waals surface area contributed by atoms with Crippen LogP contribution in [0.15, 0.2) is 18.5 Å². The number of nitrogen functional groups attached to an aromatic ring is 1. The minimum absolute atomic E-state index is 0.0646. The van der Waals surface area contributed by atoms with Crippen LogP contribution in [0, 0.1) is 11.8 Å². The lowest BCUT2D eigenvalue weighted by Gasteiger charge is -2.15. The number of pyridine rings is 1. The van der Waals surface area contributed by atoms with Crippen LogP contribution in [0.3, 0.4) is 0 Å². The second-order valence-electron chi connectivity index (χ2n) is 3.76. The number of anilines is 1. The number of nitrogens with two attached hydrogens (primary N) is 1. The fraction of sp³-hybridized carbons (Fsp3) is 0.273. The minimum atomic E-state index is -0.672. The predicted octanol–water partition coefficient (Wildman–Crippen LogP) is 1.76. The molecule has 2 N–H and O–H groups in total. The van der Waals surface area contributed by atoms with Crippen molar-refractivity contribution in [2.45, 2.75) is 13.0 Å². The van der Waals surface area contributed by atoms with E-state index in [-0.39, 0.29) is 11.6 Å². The molecule has 1 atom stereocenters. The van der Waals surface area contributed by atoms with Gasteiger partial charge in [-0.25, -0.2) is 14.1 Å². The van der Waals surface area contributed by atoms with Crippen LogP contribution in [0.4, 0.5) is 14.5 Å². The average molecular weight is 254 g/mol. The highest BCUT2D eigenvalue weighted by Gasteiger charge is 2.20. The highest BCUT2D eigenvalue weighted by molar-refractivity contribution is 5.35. The lowest BCUT2D eigenvalue weighted by molar-refractivity contribution is 0.371. The minimum Gasteiger partial charge on any atom is -0.481 e. The molecule has 0 saturated heterocycles. The molecule has 0 aliphatic heterocycles. The molecule has 18 heavy (non-hydrogen) atoms. The van der Waals surface area contributed by atoms with Crippen molar-refractivity contribution >= 4 is 5.69 Å². The number of hydrogen-bond donors (Lipinski definition) is 1. The van der Waals surface area contributed by atoms with Crippen LogP contribution in [0.5, 0.6) is 5.88 Å². The number of methoxy groups -OCH3 is 1. The Morgan fingerprint density at radius 2 is 2.11 bits per heavy atom. The first kappa shape index (κ1) is 12.3. The molecule has 0 amide bonds. The van der Waals surface area contributed by atoms with Crippen molar-refractivity contribution in [1.29, 1.82) is 0 Å². The molecular weight excluding hydrogens is 242 g/mol. The maximum atomic E-state index is 13.7. The molecule has 0 aliphatic rings. The monoisotopic (exact) mass is 254 g/mol. The van der Waals surface area contributed by atoms with E-state index in [0.29, 0.717) is 5.56 Å². The molecule has 0 aliphatic carbocycles. The number of rotatable bonds is 3. The molecule has 0 saturated carbocycles. The molecule has 5 nitrogen and oxygen atoms in total. The second kappa shape index (κ2) is 4.59. The fourth-order valence-corrected chi connectivity index (χ4v) is 1.67. The SMILES string of the molecule is COc1ncc(F)cc1[C@H](C)n1ncc(N)c1F. The third-order valence-corrected chi connectivity index (χ3v) is 2.62. The zero-order chi connectivity index (χ0) is 13.3. The van der Waals surface area contributed by atoms with Gasteiger partial charge in [0.05, 0.1) is 25.5 Å². The van der Waals surface area contributed by atoms with Gasteiger partial charge in [0, 0.05) is 5.56 Å². The summed E-state index contributed by atoms with van der Waals surface area (Å²) in [6, 6.07) is 0.647. The molecule has 7 heteroatoms. The molecule has 0 fully saturated rings. The Morgan fingerprint density at radius 3 is 2.67 bits per heavy atom. The third-order valence-electron chi connectivity index (χ3n) is 2.62. The van der Waals surface area contributed by atoms with Gasteiger partial charge in [-0.3, -0.25) is 0 Å². The largest absolute Gasteiger partial charge is 0.481 e. The Kier molecular flexibility index (Phi) is 3.14. The Bertz CT molecular complexity index is 570.